The van der Waals surface area contributed by atoms with E-state index in [2.05, 4.69) is 50.0 Å². The van der Waals surface area contributed by atoms with Crippen LogP contribution in [0.25, 0.3) is 0 Å². The van der Waals surface area contributed by atoms with Crippen molar-refractivity contribution in [3.63, 3.8) is 0 Å². The van der Waals surface area contributed by atoms with Crippen molar-refractivity contribution in [1.82, 2.24) is 4.90 Å². The number of nitrogens with one attached hydrogen (secondary N) is 1. The first kappa shape index (κ1) is 15.8. The molecule has 3 nitrogen and oxygen atoms in total. The van der Waals surface area contributed by atoms with Gasteiger partial charge in [-0.25, -0.2) is 0 Å². The fourth-order valence-electron chi connectivity index (χ4n) is 1.86. The highest BCUT2D eigenvalue weighted by molar-refractivity contribution is 5.48. The maximum atomic E-state index is 5.73. The van der Waals surface area contributed by atoms with Gasteiger partial charge in [-0.2, -0.15) is 0 Å². The van der Waals surface area contributed by atoms with Gasteiger partial charge in [0.15, 0.2) is 0 Å². The Morgan fingerprint density at radius 2 is 1.95 bits per heavy atom. The number of likely N-dealkylation sites (N-methyl/N-ethyl adjacent to an activating group) is 1. The predicted octanol–water partition coefficient (Wildman–Crippen LogP) is 3.48. The summed E-state index contributed by atoms with van der Waals surface area (Å²) in [6, 6.07) is 8.21. The van der Waals surface area contributed by atoms with Gasteiger partial charge in [0.1, 0.15) is 5.75 Å². The lowest BCUT2D eigenvalue weighted by molar-refractivity contribution is 0.271. The van der Waals surface area contributed by atoms with Crippen LogP contribution in [0.5, 0.6) is 5.75 Å². The summed E-state index contributed by atoms with van der Waals surface area (Å²) in [4.78, 5) is 2.41. The summed E-state index contributed by atoms with van der Waals surface area (Å²) in [7, 11) is 0. The molecule has 1 aromatic rings. The second-order valence-corrected chi connectivity index (χ2v) is 5.19. The number of hydrogen-bond donors (Lipinski definition) is 1. The van der Waals surface area contributed by atoms with Gasteiger partial charge in [0.05, 0.1) is 6.61 Å². The summed E-state index contributed by atoms with van der Waals surface area (Å²) in [5.41, 5.74) is 1.13. The van der Waals surface area contributed by atoms with Crippen molar-refractivity contribution in [3.8, 4) is 5.75 Å². The van der Waals surface area contributed by atoms with Crippen LogP contribution in [-0.2, 0) is 0 Å². The van der Waals surface area contributed by atoms with Crippen molar-refractivity contribution in [2.75, 3.05) is 38.1 Å². The van der Waals surface area contributed by atoms with Crippen LogP contribution in [0.15, 0.2) is 24.3 Å². The zero-order valence-corrected chi connectivity index (χ0v) is 12.8. The molecule has 0 aromatic heterocycles. The predicted molar refractivity (Wildman–Crippen MR) is 83.1 cm³/mol. The Labute approximate surface area is 118 Å². The fraction of sp³-hybridized carbons (Fsp3) is 0.625. The third-order valence-corrected chi connectivity index (χ3v) is 3.07. The molecule has 0 aliphatic carbocycles. The maximum absolute atomic E-state index is 5.73. The maximum Gasteiger partial charge on any atom is 0.121 e. The number of anilines is 1. The Morgan fingerprint density at radius 1 is 1.21 bits per heavy atom. The fourth-order valence-corrected chi connectivity index (χ4v) is 1.86. The lowest BCUT2D eigenvalue weighted by Gasteiger charge is -2.18. The highest BCUT2D eigenvalue weighted by Crippen LogP contribution is 2.17. The summed E-state index contributed by atoms with van der Waals surface area (Å²) < 4.78 is 5.73. The second-order valence-electron chi connectivity index (χ2n) is 5.19. The summed E-state index contributed by atoms with van der Waals surface area (Å²) in [6.07, 6.45) is 0. The van der Waals surface area contributed by atoms with Gasteiger partial charge in [0.2, 0.25) is 0 Å². The number of ether oxygens (including phenoxy) is 1. The molecule has 0 aliphatic heterocycles. The molecule has 0 spiro atoms. The molecule has 1 rings (SSSR count). The van der Waals surface area contributed by atoms with Crippen molar-refractivity contribution >= 4 is 5.69 Å². The van der Waals surface area contributed by atoms with Crippen molar-refractivity contribution in [2.45, 2.75) is 27.7 Å². The van der Waals surface area contributed by atoms with Crippen molar-refractivity contribution in [1.29, 1.82) is 0 Å². The van der Waals surface area contributed by atoms with E-state index in [1.54, 1.807) is 0 Å². The average molecular weight is 264 g/mol. The van der Waals surface area contributed by atoms with Crippen LogP contribution in [0.2, 0.25) is 0 Å². The molecular weight excluding hydrogens is 236 g/mol. The summed E-state index contributed by atoms with van der Waals surface area (Å²) in [6.45, 7) is 13.7. The molecule has 0 fully saturated rings. The third-order valence-electron chi connectivity index (χ3n) is 3.07. The Bertz CT molecular complexity index is 348. The first-order chi connectivity index (χ1) is 9.15. The van der Waals surface area contributed by atoms with Gasteiger partial charge < -0.3 is 15.0 Å². The molecule has 19 heavy (non-hydrogen) atoms. The van der Waals surface area contributed by atoms with E-state index < -0.39 is 0 Å². The molecule has 0 atom stereocenters. The van der Waals surface area contributed by atoms with Crippen LogP contribution in [0.4, 0.5) is 5.69 Å². The molecular formula is C16H28N2O. The minimum Gasteiger partial charge on any atom is -0.493 e. The van der Waals surface area contributed by atoms with E-state index in [1.165, 1.54) is 0 Å². The molecule has 0 saturated heterocycles. The van der Waals surface area contributed by atoms with Crippen LogP contribution >= 0.6 is 0 Å². The quantitative estimate of drug-likeness (QED) is 0.739. The van der Waals surface area contributed by atoms with Gasteiger partial charge in [-0.15, -0.1) is 0 Å². The molecule has 3 heteroatoms. The molecule has 108 valence electrons. The normalized spacial score (nSPS) is 11.1. The van der Waals surface area contributed by atoms with E-state index in [1.807, 2.05) is 12.1 Å². The van der Waals surface area contributed by atoms with Gasteiger partial charge in [0.25, 0.3) is 0 Å². The molecule has 1 aromatic carbocycles. The third kappa shape index (κ3) is 6.48. The Hall–Kier alpha value is -1.22. The van der Waals surface area contributed by atoms with Crippen LogP contribution in [0, 0.1) is 5.92 Å². The molecule has 0 radical (unpaired) electrons. The van der Waals surface area contributed by atoms with Crippen LogP contribution in [0.3, 0.4) is 0 Å². The van der Waals surface area contributed by atoms with Gasteiger partial charge in [-0.1, -0.05) is 33.8 Å². The lowest BCUT2D eigenvalue weighted by Crippen LogP contribution is -2.28. The summed E-state index contributed by atoms with van der Waals surface area (Å²) >= 11 is 0. The Morgan fingerprint density at radius 3 is 2.58 bits per heavy atom. The summed E-state index contributed by atoms with van der Waals surface area (Å²) in [5.74, 6) is 1.50. The molecule has 0 aliphatic rings. The minimum atomic E-state index is 0.555. The smallest absolute Gasteiger partial charge is 0.121 e. The van der Waals surface area contributed by atoms with Gasteiger partial charge in [-0.05, 0) is 31.1 Å². The SMILES string of the molecule is CCN(CC)CCNc1cccc(OCC(C)C)c1. The van der Waals surface area contributed by atoms with Crippen LogP contribution in [-0.4, -0.2) is 37.7 Å². The number of benzene rings is 1. The topological polar surface area (TPSA) is 24.5 Å². The molecule has 1 N–H and O–H groups in total. The van der Waals surface area contributed by atoms with E-state index >= 15 is 0 Å². The van der Waals surface area contributed by atoms with Gasteiger partial charge in [0, 0.05) is 24.8 Å². The minimum absolute atomic E-state index is 0.555. The van der Waals surface area contributed by atoms with E-state index in [0.29, 0.717) is 5.92 Å². The molecule has 0 unspecified atom stereocenters. The monoisotopic (exact) mass is 264 g/mol. The van der Waals surface area contributed by atoms with Gasteiger partial charge in [-0.3, -0.25) is 0 Å². The standard InChI is InChI=1S/C16H28N2O/c1-5-18(6-2)11-10-17-15-8-7-9-16(12-15)19-13-14(3)4/h7-9,12,14,17H,5-6,10-11,13H2,1-4H3. The van der Waals surface area contributed by atoms with E-state index in [0.717, 1.165) is 44.2 Å². The number of nitrogens with zero attached hydrogens (tertiary/aromatic N) is 1. The summed E-state index contributed by atoms with van der Waals surface area (Å²) in [5, 5.41) is 3.45. The zero-order chi connectivity index (χ0) is 14.1. The number of rotatable bonds is 9. The zero-order valence-electron chi connectivity index (χ0n) is 12.8. The molecule has 0 bridgehead atoms. The van der Waals surface area contributed by atoms with Crippen LogP contribution in [0.1, 0.15) is 27.7 Å². The van der Waals surface area contributed by atoms with Gasteiger partial charge >= 0.3 is 0 Å². The number of hydrogen-bond acceptors (Lipinski definition) is 3. The van der Waals surface area contributed by atoms with E-state index in [4.69, 9.17) is 4.74 Å². The molecule has 0 heterocycles. The van der Waals surface area contributed by atoms with Crippen molar-refractivity contribution < 1.29 is 4.74 Å². The first-order valence-corrected chi connectivity index (χ1v) is 7.34. The first-order valence-electron chi connectivity index (χ1n) is 7.34. The van der Waals surface area contributed by atoms with Crippen LogP contribution < -0.4 is 10.1 Å². The van der Waals surface area contributed by atoms with Crippen molar-refractivity contribution in [3.05, 3.63) is 24.3 Å². The Kier molecular flexibility index (Phi) is 7.34. The highest BCUT2D eigenvalue weighted by atomic mass is 16.5. The second kappa shape index (κ2) is 8.81. The van der Waals surface area contributed by atoms with E-state index in [9.17, 15) is 0 Å². The largest absolute Gasteiger partial charge is 0.493 e. The average Bonchev–Trinajstić information content (AvgIpc) is 2.42. The Balaban J connectivity index is 2.39. The molecule has 0 saturated carbocycles. The van der Waals surface area contributed by atoms with Crippen molar-refractivity contribution in [2.24, 2.45) is 5.92 Å². The highest BCUT2D eigenvalue weighted by Gasteiger charge is 2.00. The lowest BCUT2D eigenvalue weighted by atomic mass is 10.2. The van der Waals surface area contributed by atoms with E-state index in [-0.39, 0.29) is 0 Å². The molecule has 0 amide bonds.